The first-order valence-electron chi connectivity index (χ1n) is 13.5. The fourth-order valence-electron chi connectivity index (χ4n) is 4.07. The van der Waals surface area contributed by atoms with E-state index in [9.17, 15) is 27.8 Å². The van der Waals surface area contributed by atoms with Gasteiger partial charge in [-0.2, -0.15) is 9.81 Å². The average Bonchev–Trinajstić information content (AvgIpc) is 3.63. The van der Waals surface area contributed by atoms with Crippen molar-refractivity contribution in [2.45, 2.75) is 30.7 Å². The zero-order valence-electron chi connectivity index (χ0n) is 23.8. The molecule has 0 aliphatic carbocycles. The van der Waals surface area contributed by atoms with E-state index < -0.39 is 15.9 Å². The predicted octanol–water partition coefficient (Wildman–Crippen LogP) is 1.58. The maximum atomic E-state index is 11.5. The van der Waals surface area contributed by atoms with E-state index >= 15 is 0 Å². The Balaban J connectivity index is 1.26. The molecule has 3 aromatic rings. The standard InChI is InChI=1S/C28H30N4O11S2/c1-20(41-30-11-15-32-26(33)7-8-27(32)34)4-2-16-39-23-6-5-22(18-25(23)44-43-42-35)24-19-29-28(40-24)21-9-13-31(14-10-21)12-3-17-45(36,37)38/h5-10,13-14,18-19,30H,1-4,11-12,15-17H2,(H-,35,36,37,38)/p-1. The SMILES string of the molecule is C=C(CCCOc1ccc(-c2cnc(-c3cc[n+](CCCS(=O)(=O)[O-])cc3)o2)cc1SOO[O-])ONCCN1C(=O)C=CC1=O. The van der Waals surface area contributed by atoms with E-state index in [0.29, 0.717) is 70.6 Å². The van der Waals surface area contributed by atoms with Crippen molar-refractivity contribution in [1.29, 1.82) is 0 Å². The van der Waals surface area contributed by atoms with Gasteiger partial charge in [0.15, 0.2) is 18.2 Å². The van der Waals surface area contributed by atoms with E-state index in [1.807, 2.05) is 0 Å². The summed E-state index contributed by atoms with van der Waals surface area (Å²) in [6, 6.07) is 8.63. The average molecular weight is 662 g/mol. The van der Waals surface area contributed by atoms with Gasteiger partial charge in [0.1, 0.15) is 18.1 Å². The van der Waals surface area contributed by atoms with Gasteiger partial charge < -0.3 is 23.8 Å². The minimum atomic E-state index is -4.25. The van der Waals surface area contributed by atoms with Crippen LogP contribution in [0.4, 0.5) is 0 Å². The van der Waals surface area contributed by atoms with E-state index in [1.165, 1.54) is 12.2 Å². The number of carbonyl (C=O) groups is 2. The van der Waals surface area contributed by atoms with Crippen LogP contribution in [-0.2, 0) is 40.5 Å². The van der Waals surface area contributed by atoms with Crippen molar-refractivity contribution in [3.8, 4) is 28.5 Å². The highest BCUT2D eigenvalue weighted by molar-refractivity contribution is 7.94. The number of nitrogens with zero attached hydrogens (tertiary/aromatic N) is 3. The van der Waals surface area contributed by atoms with Crippen LogP contribution in [0.2, 0.25) is 0 Å². The molecule has 17 heteroatoms. The van der Waals surface area contributed by atoms with Gasteiger partial charge in [0.25, 0.3) is 11.8 Å². The lowest BCUT2D eigenvalue weighted by molar-refractivity contribution is -0.777. The molecule has 45 heavy (non-hydrogen) atoms. The van der Waals surface area contributed by atoms with Gasteiger partial charge in [0, 0.05) is 67.1 Å². The van der Waals surface area contributed by atoms with Gasteiger partial charge in [-0.25, -0.2) is 18.0 Å². The van der Waals surface area contributed by atoms with Gasteiger partial charge in [-0.3, -0.25) is 19.5 Å². The maximum Gasteiger partial charge on any atom is 0.253 e. The number of aromatic nitrogens is 2. The molecule has 1 aromatic carbocycles. The molecule has 3 heterocycles. The molecule has 1 aliphatic rings. The molecule has 0 saturated carbocycles. The molecule has 0 spiro atoms. The first kappa shape index (κ1) is 33.8. The lowest BCUT2D eigenvalue weighted by atomic mass is 10.2. The summed E-state index contributed by atoms with van der Waals surface area (Å²) in [5.74, 6) is 0.491. The topological polar surface area (TPSA) is 196 Å². The number of nitrogens with one attached hydrogen (secondary N) is 1. The number of benzene rings is 1. The molecule has 0 atom stereocenters. The number of oxazole rings is 1. The molecule has 0 bridgehead atoms. The molecule has 0 saturated heterocycles. The van der Waals surface area contributed by atoms with Crippen LogP contribution in [0, 0.1) is 0 Å². The first-order valence-corrected chi connectivity index (χ1v) is 15.8. The third-order valence-electron chi connectivity index (χ3n) is 6.25. The van der Waals surface area contributed by atoms with Crippen LogP contribution >= 0.6 is 12.0 Å². The van der Waals surface area contributed by atoms with Crippen molar-refractivity contribution in [1.82, 2.24) is 15.4 Å². The van der Waals surface area contributed by atoms with Gasteiger partial charge in [-0.15, -0.1) is 0 Å². The second-order valence-electron chi connectivity index (χ2n) is 9.50. The second kappa shape index (κ2) is 16.3. The van der Waals surface area contributed by atoms with Crippen LogP contribution in [0.15, 0.2) is 82.7 Å². The Morgan fingerprint density at radius 2 is 1.87 bits per heavy atom. The summed E-state index contributed by atoms with van der Waals surface area (Å²) in [6.07, 6.45) is 8.64. The summed E-state index contributed by atoms with van der Waals surface area (Å²) in [5, 5.41) is 14.0. The van der Waals surface area contributed by atoms with Gasteiger partial charge >= 0.3 is 0 Å². The molecule has 1 aliphatic heterocycles. The lowest BCUT2D eigenvalue weighted by Gasteiger charge is -2.15. The number of hydroxylamine groups is 1. The Morgan fingerprint density at radius 1 is 1.11 bits per heavy atom. The quantitative estimate of drug-likeness (QED) is 0.0284. The Kier molecular flexibility index (Phi) is 12.2. The maximum absolute atomic E-state index is 11.5. The number of ether oxygens (including phenoxy) is 1. The highest BCUT2D eigenvalue weighted by atomic mass is 32.2. The zero-order valence-corrected chi connectivity index (χ0v) is 25.4. The van der Waals surface area contributed by atoms with E-state index in [0.717, 1.165) is 4.90 Å². The van der Waals surface area contributed by atoms with E-state index in [1.54, 1.807) is 53.5 Å². The molecule has 0 radical (unpaired) electrons. The van der Waals surface area contributed by atoms with Crippen molar-refractivity contribution in [2.24, 2.45) is 0 Å². The van der Waals surface area contributed by atoms with Crippen molar-refractivity contribution in [3.05, 3.63) is 73.4 Å². The fourth-order valence-corrected chi connectivity index (χ4v) is 5.04. The van der Waals surface area contributed by atoms with Crippen LogP contribution in [0.3, 0.4) is 0 Å². The molecule has 0 unspecified atom stereocenters. The fraction of sp³-hybridized carbons (Fsp3) is 0.286. The molecule has 0 fully saturated rings. The predicted molar refractivity (Wildman–Crippen MR) is 154 cm³/mol. The smallest absolute Gasteiger partial charge is 0.253 e. The van der Waals surface area contributed by atoms with Crippen LogP contribution in [0.1, 0.15) is 19.3 Å². The number of hydrogen-bond acceptors (Lipinski definition) is 14. The first-order chi connectivity index (χ1) is 21.6. The number of rotatable bonds is 19. The van der Waals surface area contributed by atoms with Crippen LogP contribution in [0.5, 0.6) is 5.75 Å². The van der Waals surface area contributed by atoms with Crippen molar-refractivity contribution in [2.75, 3.05) is 25.4 Å². The number of aryl methyl sites for hydroxylation is 1. The third kappa shape index (κ3) is 10.5. The van der Waals surface area contributed by atoms with Crippen molar-refractivity contribution < 1.29 is 55.7 Å². The summed E-state index contributed by atoms with van der Waals surface area (Å²) in [6.45, 7) is 4.88. The Morgan fingerprint density at radius 3 is 2.58 bits per heavy atom. The minimum absolute atomic E-state index is 0.163. The highest BCUT2D eigenvalue weighted by Gasteiger charge is 2.22. The molecule has 4 rings (SSSR count). The highest BCUT2D eigenvalue weighted by Crippen LogP contribution is 2.35. The van der Waals surface area contributed by atoms with Gasteiger partial charge in [0.2, 0.25) is 5.89 Å². The normalized spacial score (nSPS) is 13.1. The van der Waals surface area contributed by atoms with Crippen molar-refractivity contribution in [3.63, 3.8) is 0 Å². The summed E-state index contributed by atoms with van der Waals surface area (Å²) in [7, 11) is -4.25. The Hall–Kier alpha value is -4.10. The molecule has 2 amide bonds. The molecule has 2 aromatic heterocycles. The third-order valence-corrected chi connectivity index (χ3v) is 7.66. The summed E-state index contributed by atoms with van der Waals surface area (Å²) < 4.78 is 50.4. The van der Waals surface area contributed by atoms with E-state index in [2.05, 4.69) is 26.4 Å². The van der Waals surface area contributed by atoms with Crippen LogP contribution in [0.25, 0.3) is 22.8 Å². The number of allylic oxidation sites excluding steroid dienone is 1. The molecular formula is C28H29N4O11S2-. The van der Waals surface area contributed by atoms with E-state index in [4.69, 9.17) is 14.0 Å². The number of hydrogen-bond donors (Lipinski definition) is 1. The van der Waals surface area contributed by atoms with Gasteiger partial charge in [-0.05, 0) is 24.6 Å². The van der Waals surface area contributed by atoms with Gasteiger partial charge in [0.05, 0.1) is 39.9 Å². The Bertz CT molecular complexity index is 1610. The molecule has 15 nitrogen and oxygen atoms in total. The number of amides is 2. The van der Waals surface area contributed by atoms with Crippen LogP contribution in [-0.4, -0.2) is 60.1 Å². The Labute approximate surface area is 262 Å². The summed E-state index contributed by atoms with van der Waals surface area (Å²) in [4.78, 5) is 34.3. The summed E-state index contributed by atoms with van der Waals surface area (Å²) in [5.41, 5.74) is 3.98. The molecule has 240 valence electrons. The number of imide groups is 1. The number of carbonyl (C=O) groups excluding carboxylic acids is 2. The van der Waals surface area contributed by atoms with E-state index in [-0.39, 0.29) is 37.9 Å². The second-order valence-corrected chi connectivity index (χ2v) is 11.8. The lowest BCUT2D eigenvalue weighted by Crippen LogP contribution is -2.36. The summed E-state index contributed by atoms with van der Waals surface area (Å²) >= 11 is 0.667. The number of pyridine rings is 1. The van der Waals surface area contributed by atoms with Gasteiger partial charge in [-0.1, -0.05) is 6.58 Å². The molecule has 1 N–H and O–H groups in total. The zero-order chi connectivity index (χ0) is 32.2. The molecular weight excluding hydrogens is 632 g/mol. The minimum Gasteiger partial charge on any atom is -0.748 e. The monoisotopic (exact) mass is 661 g/mol. The van der Waals surface area contributed by atoms with Crippen molar-refractivity contribution >= 4 is 34.0 Å². The largest absolute Gasteiger partial charge is 0.748 e. The van der Waals surface area contributed by atoms with Crippen LogP contribution < -0.4 is 20.0 Å².